The van der Waals surface area contributed by atoms with E-state index in [0.29, 0.717) is 18.2 Å². The lowest BCUT2D eigenvalue weighted by Gasteiger charge is -2.22. The molecular formula is C27H26FN5O2. The highest BCUT2D eigenvalue weighted by Gasteiger charge is 2.38. The number of anilines is 1. The SMILES string of the molecule is C[C@H]1Oc2cc(cnc2N)-c2c3c(n4c2[C@H](CC4)c2cn(C)nc2-c2ccc(F)cc21)CCCO3. The summed E-state index contributed by atoms with van der Waals surface area (Å²) in [6, 6.07) is 6.78. The molecule has 0 saturated carbocycles. The first-order valence-electron chi connectivity index (χ1n) is 12.1. The molecule has 3 aliphatic heterocycles. The quantitative estimate of drug-likeness (QED) is 0.391. The highest BCUT2D eigenvalue weighted by atomic mass is 19.1. The van der Waals surface area contributed by atoms with Crippen LogP contribution < -0.4 is 15.2 Å². The number of nitrogen functional groups attached to an aromatic ring is 1. The monoisotopic (exact) mass is 471 g/mol. The van der Waals surface area contributed by atoms with Crippen molar-refractivity contribution in [3.63, 3.8) is 0 Å². The third kappa shape index (κ3) is 2.95. The summed E-state index contributed by atoms with van der Waals surface area (Å²) in [5.74, 6) is 1.54. The fraction of sp³-hybridized carbons (Fsp3) is 0.333. The fourth-order valence-corrected chi connectivity index (χ4v) is 6.07. The Morgan fingerprint density at radius 1 is 1.20 bits per heavy atom. The van der Waals surface area contributed by atoms with Crippen molar-refractivity contribution in [3.8, 4) is 33.9 Å². The zero-order chi connectivity index (χ0) is 23.8. The zero-order valence-electron chi connectivity index (χ0n) is 19.7. The summed E-state index contributed by atoms with van der Waals surface area (Å²) in [5.41, 5.74) is 14.3. The van der Waals surface area contributed by atoms with Gasteiger partial charge in [0, 0.05) is 65.4 Å². The van der Waals surface area contributed by atoms with Crippen molar-refractivity contribution in [2.45, 2.75) is 44.8 Å². The number of rotatable bonds is 0. The van der Waals surface area contributed by atoms with Crippen molar-refractivity contribution in [2.75, 3.05) is 12.3 Å². The maximum Gasteiger partial charge on any atom is 0.166 e. The Labute approximate surface area is 202 Å². The molecular weight excluding hydrogens is 445 g/mol. The summed E-state index contributed by atoms with van der Waals surface area (Å²) >= 11 is 0. The number of halogens is 1. The van der Waals surface area contributed by atoms with Gasteiger partial charge in [-0.2, -0.15) is 5.10 Å². The molecule has 2 atom stereocenters. The van der Waals surface area contributed by atoms with Crippen LogP contribution in [0.4, 0.5) is 10.2 Å². The molecule has 0 radical (unpaired) electrons. The number of pyridine rings is 1. The van der Waals surface area contributed by atoms with E-state index in [1.807, 2.05) is 30.8 Å². The van der Waals surface area contributed by atoms with Crippen LogP contribution in [0.25, 0.3) is 22.4 Å². The molecule has 0 unspecified atom stereocenters. The second-order valence-electron chi connectivity index (χ2n) is 9.69. The maximum absolute atomic E-state index is 14.4. The average Bonchev–Trinajstić information content (AvgIpc) is 3.52. The number of nitrogens with two attached hydrogens (primary N) is 1. The van der Waals surface area contributed by atoms with E-state index in [1.165, 1.54) is 23.5 Å². The molecule has 3 aromatic heterocycles. The van der Waals surface area contributed by atoms with Crippen molar-refractivity contribution >= 4 is 5.82 Å². The van der Waals surface area contributed by atoms with E-state index in [1.54, 1.807) is 6.20 Å². The standard InChI is InChI=1S/C27H26FN5O2/c1-14-19-11-16(28)5-6-17(19)24-20(13-32(2)31-24)18-7-8-33-21-4-3-9-34-26(21)23(25(18)33)15-10-22(35-14)27(29)30-12-15/h5-6,10-14,18H,3-4,7-9H2,1-2H3,(H2,29,30)/t14-,18-/m1/s1. The van der Waals surface area contributed by atoms with Gasteiger partial charge in [-0.05, 0) is 50.5 Å². The largest absolute Gasteiger partial charge is 0.491 e. The van der Waals surface area contributed by atoms with Crippen molar-refractivity contribution in [2.24, 2.45) is 7.05 Å². The van der Waals surface area contributed by atoms with Crippen LogP contribution in [0.2, 0.25) is 0 Å². The lowest BCUT2D eigenvalue weighted by molar-refractivity contribution is 0.227. The highest BCUT2D eigenvalue weighted by molar-refractivity contribution is 5.80. The van der Waals surface area contributed by atoms with Gasteiger partial charge in [0.25, 0.3) is 0 Å². The van der Waals surface area contributed by atoms with Crippen molar-refractivity contribution < 1.29 is 13.9 Å². The van der Waals surface area contributed by atoms with Gasteiger partial charge in [-0.15, -0.1) is 0 Å². The number of aromatic nitrogens is 4. The van der Waals surface area contributed by atoms with Crippen LogP contribution in [0.3, 0.4) is 0 Å². The van der Waals surface area contributed by atoms with Crippen LogP contribution in [0.5, 0.6) is 11.5 Å². The summed E-state index contributed by atoms with van der Waals surface area (Å²) < 4.78 is 31.3. The summed E-state index contributed by atoms with van der Waals surface area (Å²) in [6.07, 6.45) is 6.39. The summed E-state index contributed by atoms with van der Waals surface area (Å²) in [7, 11) is 1.94. The van der Waals surface area contributed by atoms with Gasteiger partial charge in [-0.3, -0.25) is 4.68 Å². The summed E-state index contributed by atoms with van der Waals surface area (Å²) in [5, 5.41) is 4.87. The van der Waals surface area contributed by atoms with Crippen LogP contribution >= 0.6 is 0 Å². The van der Waals surface area contributed by atoms with Crippen molar-refractivity contribution in [3.05, 3.63) is 65.0 Å². The Kier molecular flexibility index (Phi) is 4.31. The molecule has 0 fully saturated rings. The molecule has 4 aromatic rings. The lowest BCUT2D eigenvalue weighted by Crippen LogP contribution is -2.11. The van der Waals surface area contributed by atoms with Crippen LogP contribution in [-0.2, 0) is 20.0 Å². The molecule has 1 aromatic carbocycles. The Balaban J connectivity index is 1.58. The third-order valence-electron chi connectivity index (χ3n) is 7.55. The van der Waals surface area contributed by atoms with Gasteiger partial charge in [0.1, 0.15) is 17.7 Å². The second-order valence-corrected chi connectivity index (χ2v) is 9.69. The molecule has 0 aliphatic carbocycles. The Bertz CT molecular complexity index is 1500. The predicted octanol–water partition coefficient (Wildman–Crippen LogP) is 4.99. The summed E-state index contributed by atoms with van der Waals surface area (Å²) in [4.78, 5) is 4.49. The first-order valence-corrected chi connectivity index (χ1v) is 12.1. The number of fused-ring (bicyclic) bond motifs is 10. The van der Waals surface area contributed by atoms with Crippen LogP contribution in [0.1, 0.15) is 54.3 Å². The van der Waals surface area contributed by atoms with Gasteiger partial charge in [0.2, 0.25) is 0 Å². The number of aryl methyl sites for hydroxylation is 1. The second kappa shape index (κ2) is 7.34. The molecule has 2 bridgehead atoms. The molecule has 3 aliphatic rings. The molecule has 8 heteroatoms. The number of benzene rings is 1. The van der Waals surface area contributed by atoms with E-state index in [4.69, 9.17) is 20.3 Å². The molecule has 0 spiro atoms. The number of nitrogens with zero attached hydrogens (tertiary/aromatic N) is 4. The Morgan fingerprint density at radius 3 is 2.97 bits per heavy atom. The van der Waals surface area contributed by atoms with Gasteiger partial charge in [-0.25, -0.2) is 9.37 Å². The topological polar surface area (TPSA) is 80.1 Å². The Hall–Kier alpha value is -3.81. The van der Waals surface area contributed by atoms with Gasteiger partial charge >= 0.3 is 0 Å². The van der Waals surface area contributed by atoms with Crippen LogP contribution in [0, 0.1) is 5.82 Å². The zero-order valence-corrected chi connectivity index (χ0v) is 19.7. The van der Waals surface area contributed by atoms with Crippen LogP contribution in [0.15, 0.2) is 36.7 Å². The highest BCUT2D eigenvalue weighted by Crippen LogP contribution is 2.52. The molecule has 7 rings (SSSR count). The van der Waals surface area contributed by atoms with Crippen molar-refractivity contribution in [1.82, 2.24) is 19.3 Å². The van der Waals surface area contributed by atoms with E-state index < -0.39 is 6.10 Å². The first kappa shape index (κ1) is 20.6. The molecule has 2 N–H and O–H groups in total. The minimum Gasteiger partial charge on any atom is -0.491 e. The van der Waals surface area contributed by atoms with Gasteiger partial charge < -0.3 is 19.8 Å². The normalized spacial score (nSPS) is 19.9. The first-order chi connectivity index (χ1) is 17.0. The van der Waals surface area contributed by atoms with E-state index in [2.05, 4.69) is 15.7 Å². The fourth-order valence-electron chi connectivity index (χ4n) is 6.07. The van der Waals surface area contributed by atoms with E-state index in [-0.39, 0.29) is 11.7 Å². The van der Waals surface area contributed by atoms with E-state index in [0.717, 1.165) is 65.1 Å². The minimum absolute atomic E-state index is 0.123. The summed E-state index contributed by atoms with van der Waals surface area (Å²) in [6.45, 7) is 3.52. The van der Waals surface area contributed by atoms with Crippen LogP contribution in [-0.4, -0.2) is 25.9 Å². The molecule has 0 amide bonds. The number of hydrogen-bond acceptors (Lipinski definition) is 5. The smallest absolute Gasteiger partial charge is 0.166 e. The van der Waals surface area contributed by atoms with E-state index >= 15 is 0 Å². The maximum atomic E-state index is 14.4. The predicted molar refractivity (Wildman–Crippen MR) is 130 cm³/mol. The third-order valence-corrected chi connectivity index (χ3v) is 7.55. The number of hydrogen-bond donors (Lipinski definition) is 1. The molecule has 0 saturated heterocycles. The minimum atomic E-state index is -0.466. The van der Waals surface area contributed by atoms with E-state index in [9.17, 15) is 4.39 Å². The van der Waals surface area contributed by atoms with Gasteiger partial charge in [0.15, 0.2) is 11.6 Å². The molecule has 35 heavy (non-hydrogen) atoms. The van der Waals surface area contributed by atoms with Gasteiger partial charge in [0.05, 0.1) is 18.0 Å². The lowest BCUT2D eigenvalue weighted by atomic mass is 9.87. The van der Waals surface area contributed by atoms with Crippen molar-refractivity contribution in [1.29, 1.82) is 0 Å². The number of ether oxygens (including phenoxy) is 2. The van der Waals surface area contributed by atoms with Gasteiger partial charge in [-0.1, -0.05) is 0 Å². The molecule has 178 valence electrons. The Morgan fingerprint density at radius 2 is 2.09 bits per heavy atom. The average molecular weight is 472 g/mol. The molecule has 6 heterocycles. The molecule has 7 nitrogen and oxygen atoms in total.